The van der Waals surface area contributed by atoms with E-state index in [0.717, 1.165) is 27.5 Å². The molecule has 0 fully saturated rings. The first-order chi connectivity index (χ1) is 11.1. The minimum Gasteiger partial charge on any atom is -0.270 e. The number of alkyl halides is 2. The van der Waals surface area contributed by atoms with Crippen LogP contribution < -0.4 is 0 Å². The van der Waals surface area contributed by atoms with Crippen LogP contribution in [0.25, 0.3) is 0 Å². The van der Waals surface area contributed by atoms with Gasteiger partial charge in [-0.1, -0.05) is 0 Å². The molecule has 0 amide bonds. The number of nitrogens with zero attached hydrogens (tertiary/aromatic N) is 5. The van der Waals surface area contributed by atoms with Crippen molar-refractivity contribution in [3.63, 3.8) is 0 Å². The fourth-order valence-electron chi connectivity index (χ4n) is 2.56. The van der Waals surface area contributed by atoms with Gasteiger partial charge >= 0.3 is 6.55 Å². The van der Waals surface area contributed by atoms with Crippen LogP contribution in [0.3, 0.4) is 0 Å². The Labute approximate surface area is 139 Å². The average molecular weight is 361 g/mol. The highest BCUT2D eigenvalue weighted by Gasteiger charge is 2.28. The van der Waals surface area contributed by atoms with Gasteiger partial charge in [0, 0.05) is 31.4 Å². The molecule has 0 atom stereocenters. The summed E-state index contributed by atoms with van der Waals surface area (Å²) in [6, 6.07) is 0. The molecule has 0 spiro atoms. The molecule has 0 aliphatic heterocycles. The number of hydrogen-bond acceptors (Lipinski definition) is 4. The summed E-state index contributed by atoms with van der Waals surface area (Å²) in [6.07, 6.45) is 0.862. The Balaban J connectivity index is 2.35. The highest BCUT2D eigenvalue weighted by molar-refractivity contribution is 7.89. The summed E-state index contributed by atoms with van der Waals surface area (Å²) < 4.78 is 54.1. The molecule has 10 heteroatoms. The van der Waals surface area contributed by atoms with Gasteiger partial charge in [0.15, 0.2) is 0 Å². The zero-order valence-electron chi connectivity index (χ0n) is 14.3. The molecule has 24 heavy (non-hydrogen) atoms. The normalized spacial score (nSPS) is 12.5. The second kappa shape index (κ2) is 6.60. The first-order valence-electron chi connectivity index (χ1n) is 7.42. The Morgan fingerprint density at radius 2 is 1.83 bits per heavy atom. The van der Waals surface area contributed by atoms with Crippen LogP contribution >= 0.6 is 0 Å². The Hall–Kier alpha value is -1.81. The number of hydrogen-bond donors (Lipinski definition) is 0. The molecule has 2 rings (SSSR count). The third kappa shape index (κ3) is 3.20. The van der Waals surface area contributed by atoms with Gasteiger partial charge in [0.05, 0.1) is 17.6 Å². The summed E-state index contributed by atoms with van der Waals surface area (Å²) >= 11 is 0. The number of halogens is 2. The van der Waals surface area contributed by atoms with Crippen LogP contribution in [0, 0.1) is 20.8 Å². The Morgan fingerprint density at radius 1 is 1.21 bits per heavy atom. The van der Waals surface area contributed by atoms with Crippen molar-refractivity contribution in [3.8, 4) is 0 Å². The van der Waals surface area contributed by atoms with E-state index >= 15 is 0 Å². The molecule has 0 saturated heterocycles. The van der Waals surface area contributed by atoms with Crippen LogP contribution in [0.1, 0.15) is 36.1 Å². The predicted molar refractivity (Wildman–Crippen MR) is 84.2 cm³/mol. The van der Waals surface area contributed by atoms with Gasteiger partial charge in [-0.25, -0.2) is 13.1 Å². The smallest absolute Gasteiger partial charge is 0.270 e. The summed E-state index contributed by atoms with van der Waals surface area (Å²) in [4.78, 5) is -0.219. The molecule has 0 saturated carbocycles. The molecule has 0 N–H and O–H groups in total. The molecule has 0 radical (unpaired) electrons. The molecule has 134 valence electrons. The monoisotopic (exact) mass is 361 g/mol. The first kappa shape index (κ1) is 18.5. The summed E-state index contributed by atoms with van der Waals surface area (Å²) in [5.74, 6) is 0. The van der Waals surface area contributed by atoms with Crippen LogP contribution in [-0.2, 0) is 23.1 Å². The van der Waals surface area contributed by atoms with Crippen molar-refractivity contribution in [1.29, 1.82) is 0 Å². The SMILES string of the molecule is CCn1nc(C)c(CN(C)S(=O)(=O)c2cn(C(F)F)nc2C)c1C. The molecule has 2 aromatic rings. The number of sulfonamides is 1. The molecular weight excluding hydrogens is 340 g/mol. The van der Waals surface area contributed by atoms with E-state index < -0.39 is 16.6 Å². The molecule has 7 nitrogen and oxygen atoms in total. The van der Waals surface area contributed by atoms with Crippen molar-refractivity contribution in [2.75, 3.05) is 7.05 Å². The summed E-state index contributed by atoms with van der Waals surface area (Å²) in [7, 11) is -2.52. The molecule has 2 heterocycles. The highest BCUT2D eigenvalue weighted by atomic mass is 32.2. The number of aryl methyl sites for hydroxylation is 3. The lowest BCUT2D eigenvalue weighted by Gasteiger charge is -2.17. The van der Waals surface area contributed by atoms with E-state index in [0.29, 0.717) is 11.2 Å². The van der Waals surface area contributed by atoms with Crippen LogP contribution in [0.4, 0.5) is 8.78 Å². The molecular formula is C14H21F2N5O2S. The van der Waals surface area contributed by atoms with Crippen molar-refractivity contribution in [3.05, 3.63) is 28.8 Å². The van der Waals surface area contributed by atoms with Gasteiger partial charge < -0.3 is 0 Å². The Morgan fingerprint density at radius 3 is 2.29 bits per heavy atom. The van der Waals surface area contributed by atoms with Crippen LogP contribution in [0.5, 0.6) is 0 Å². The van der Waals surface area contributed by atoms with E-state index in [-0.39, 0.29) is 17.1 Å². The zero-order valence-corrected chi connectivity index (χ0v) is 15.1. The van der Waals surface area contributed by atoms with Crippen LogP contribution in [0.15, 0.2) is 11.1 Å². The standard InChI is InChI=1S/C14H21F2N5O2S/c1-6-20-11(4)12(9(2)17-20)7-19(5)24(22,23)13-8-21(14(15)16)18-10(13)3/h8,14H,6-7H2,1-5H3. The van der Waals surface area contributed by atoms with E-state index in [1.807, 2.05) is 20.8 Å². The fourth-order valence-corrected chi connectivity index (χ4v) is 3.85. The topological polar surface area (TPSA) is 73.0 Å². The third-order valence-electron chi connectivity index (χ3n) is 3.97. The maximum atomic E-state index is 12.7. The largest absolute Gasteiger partial charge is 0.333 e. The summed E-state index contributed by atoms with van der Waals surface area (Å²) in [6.45, 7) is 4.94. The molecule has 0 unspecified atom stereocenters. The second-order valence-corrected chi connectivity index (χ2v) is 7.58. The van der Waals surface area contributed by atoms with E-state index in [9.17, 15) is 17.2 Å². The maximum absolute atomic E-state index is 12.7. The maximum Gasteiger partial charge on any atom is 0.333 e. The van der Waals surface area contributed by atoms with Gasteiger partial charge in [0.25, 0.3) is 0 Å². The fraction of sp³-hybridized carbons (Fsp3) is 0.571. The lowest BCUT2D eigenvalue weighted by Crippen LogP contribution is -2.27. The predicted octanol–water partition coefficient (Wildman–Crippen LogP) is 2.24. The first-order valence-corrected chi connectivity index (χ1v) is 8.86. The second-order valence-electron chi connectivity index (χ2n) is 5.56. The van der Waals surface area contributed by atoms with Crippen molar-refractivity contribution in [1.82, 2.24) is 23.9 Å². The van der Waals surface area contributed by atoms with Gasteiger partial charge in [0.2, 0.25) is 10.0 Å². The Kier molecular flexibility index (Phi) is 5.09. The number of rotatable bonds is 6. The van der Waals surface area contributed by atoms with Crippen LogP contribution in [0.2, 0.25) is 0 Å². The van der Waals surface area contributed by atoms with Gasteiger partial charge in [-0.3, -0.25) is 4.68 Å². The van der Waals surface area contributed by atoms with Crippen molar-refractivity contribution >= 4 is 10.0 Å². The van der Waals surface area contributed by atoms with E-state index in [2.05, 4.69) is 10.2 Å². The lowest BCUT2D eigenvalue weighted by atomic mass is 10.2. The Bertz CT molecular complexity index is 842. The molecule has 0 aliphatic rings. The average Bonchev–Trinajstić information content (AvgIpc) is 3.02. The van der Waals surface area contributed by atoms with E-state index in [4.69, 9.17) is 0 Å². The van der Waals surface area contributed by atoms with E-state index in [1.165, 1.54) is 14.0 Å². The van der Waals surface area contributed by atoms with Gasteiger partial charge in [-0.05, 0) is 27.7 Å². The summed E-state index contributed by atoms with van der Waals surface area (Å²) in [5, 5.41) is 7.92. The highest BCUT2D eigenvalue weighted by Crippen LogP contribution is 2.23. The van der Waals surface area contributed by atoms with Gasteiger partial charge in [-0.15, -0.1) is 0 Å². The van der Waals surface area contributed by atoms with Crippen molar-refractivity contribution in [2.24, 2.45) is 0 Å². The summed E-state index contributed by atoms with van der Waals surface area (Å²) in [5.41, 5.74) is 2.48. The molecule has 0 aliphatic carbocycles. The minimum atomic E-state index is -3.93. The quantitative estimate of drug-likeness (QED) is 0.791. The number of aromatic nitrogens is 4. The lowest BCUT2D eigenvalue weighted by molar-refractivity contribution is 0.0561. The van der Waals surface area contributed by atoms with Crippen LogP contribution in [-0.4, -0.2) is 39.3 Å². The molecule has 0 bridgehead atoms. The van der Waals surface area contributed by atoms with Gasteiger partial charge in [0.1, 0.15) is 4.90 Å². The van der Waals surface area contributed by atoms with Gasteiger partial charge in [-0.2, -0.15) is 23.3 Å². The van der Waals surface area contributed by atoms with E-state index in [1.54, 1.807) is 4.68 Å². The molecule has 0 aromatic carbocycles. The molecule has 2 aromatic heterocycles. The van der Waals surface area contributed by atoms with Crippen molar-refractivity contribution in [2.45, 2.75) is 52.2 Å². The third-order valence-corrected chi connectivity index (χ3v) is 5.88. The van der Waals surface area contributed by atoms with Crippen molar-refractivity contribution < 1.29 is 17.2 Å². The minimum absolute atomic E-state index is 0.0415. The zero-order chi connectivity index (χ0) is 18.2.